The molecule has 0 aliphatic heterocycles. The summed E-state index contributed by atoms with van der Waals surface area (Å²) >= 11 is 6.21. The summed E-state index contributed by atoms with van der Waals surface area (Å²) < 4.78 is 0.595. The number of aromatic amines is 1. The molecule has 1 aromatic heterocycles. The summed E-state index contributed by atoms with van der Waals surface area (Å²) in [5.74, 6) is -4.15. The van der Waals surface area contributed by atoms with Crippen molar-refractivity contribution in [1.29, 1.82) is 0 Å². The number of hydrogen-bond donors (Lipinski definition) is 5. The molecular weight excluding hydrogens is 440 g/mol. The van der Waals surface area contributed by atoms with Gasteiger partial charge in [-0.3, -0.25) is 4.79 Å². The van der Waals surface area contributed by atoms with Crippen molar-refractivity contribution in [3.63, 3.8) is 0 Å². The zero-order valence-corrected chi connectivity index (χ0v) is 14.2. The topological polar surface area (TPSA) is 154 Å². The summed E-state index contributed by atoms with van der Waals surface area (Å²) in [6, 6.07) is 2.75. The molecule has 0 saturated heterocycles. The minimum atomic E-state index is -1.65. The highest BCUT2D eigenvalue weighted by Gasteiger charge is 2.28. The van der Waals surface area contributed by atoms with Gasteiger partial charge in [-0.25, -0.2) is 9.59 Å². The Morgan fingerprint density at radius 3 is 2.17 bits per heavy atom. The molecule has 2 rings (SSSR count). The van der Waals surface area contributed by atoms with Gasteiger partial charge in [-0.05, 0) is 28.1 Å². The first-order chi connectivity index (χ1) is 10.6. The number of nitrogens with two attached hydrogens (primary N) is 1. The quantitative estimate of drug-likeness (QED) is 0.483. The molecule has 1 aromatic carbocycles. The molecule has 0 saturated carbocycles. The van der Waals surface area contributed by atoms with Gasteiger partial charge in [0, 0.05) is 15.6 Å². The van der Waals surface area contributed by atoms with Gasteiger partial charge in [0.1, 0.15) is 22.7 Å². The fraction of sp³-hybridized carbons (Fsp3) is 0. The van der Waals surface area contributed by atoms with Crippen molar-refractivity contribution >= 4 is 49.6 Å². The van der Waals surface area contributed by atoms with E-state index in [1.54, 1.807) is 0 Å². The van der Waals surface area contributed by atoms with Crippen LogP contribution in [0.2, 0.25) is 0 Å². The number of hydrogen-bond acceptors (Lipinski definition) is 5. The molecule has 0 atom stereocenters. The highest BCUT2D eigenvalue weighted by Crippen LogP contribution is 2.41. The van der Waals surface area contributed by atoms with Crippen LogP contribution in [-0.4, -0.2) is 32.2 Å². The number of carbonyl (C=O) groups is 2. The Hall–Kier alpha value is -2.33. The van der Waals surface area contributed by atoms with Crippen molar-refractivity contribution in [3.05, 3.63) is 42.6 Å². The zero-order valence-electron chi connectivity index (χ0n) is 11.1. The van der Waals surface area contributed by atoms with Crippen LogP contribution in [0, 0.1) is 0 Å². The number of aromatic carboxylic acids is 2. The second-order valence-corrected chi connectivity index (χ2v) is 6.16. The van der Waals surface area contributed by atoms with Gasteiger partial charge in [0.15, 0.2) is 0 Å². The minimum absolute atomic E-state index is 0.168. The molecule has 6 N–H and O–H groups in total. The fourth-order valence-electron chi connectivity index (χ4n) is 2.07. The normalized spacial score (nSPS) is 10.5. The second-order valence-electron chi connectivity index (χ2n) is 4.39. The van der Waals surface area contributed by atoms with Crippen molar-refractivity contribution < 1.29 is 24.9 Å². The van der Waals surface area contributed by atoms with Crippen molar-refractivity contribution in [2.45, 2.75) is 0 Å². The lowest BCUT2D eigenvalue weighted by atomic mass is 9.95. The van der Waals surface area contributed by atoms with Crippen LogP contribution < -0.4 is 11.3 Å². The third-order valence-corrected chi connectivity index (χ3v) is 4.03. The first-order valence-electron chi connectivity index (χ1n) is 5.85. The molecule has 120 valence electrons. The molecule has 0 amide bonds. The Balaban J connectivity index is 3.10. The number of rotatable bonds is 3. The lowest BCUT2D eigenvalue weighted by Gasteiger charge is -2.14. The Bertz CT molecular complexity index is 906. The van der Waals surface area contributed by atoms with Crippen molar-refractivity contribution in [1.82, 2.24) is 4.98 Å². The number of H-pyrrole nitrogens is 1. The van der Waals surface area contributed by atoms with Gasteiger partial charge in [0.05, 0.1) is 4.47 Å². The highest BCUT2D eigenvalue weighted by atomic mass is 79.9. The summed E-state index contributed by atoms with van der Waals surface area (Å²) in [5.41, 5.74) is 2.34. The predicted octanol–water partition coefficient (Wildman–Crippen LogP) is 2.25. The number of aromatic hydroxyl groups is 1. The molecule has 1 heterocycles. The molecule has 0 aliphatic rings. The van der Waals surface area contributed by atoms with E-state index in [4.69, 9.17) is 5.73 Å². The summed E-state index contributed by atoms with van der Waals surface area (Å²) in [6.45, 7) is 0. The van der Waals surface area contributed by atoms with Crippen LogP contribution in [0.5, 0.6) is 5.75 Å². The third kappa shape index (κ3) is 2.94. The van der Waals surface area contributed by atoms with Crippen molar-refractivity contribution in [3.8, 4) is 16.9 Å². The molecule has 0 radical (unpaired) electrons. The lowest BCUT2D eigenvalue weighted by molar-refractivity contribution is 0.0695. The number of nitrogens with one attached hydrogen (secondary N) is 1. The maximum atomic E-state index is 11.9. The summed E-state index contributed by atoms with van der Waals surface area (Å²) in [7, 11) is 0. The molecule has 8 nitrogen and oxygen atoms in total. The van der Waals surface area contributed by atoms with E-state index in [2.05, 4.69) is 31.9 Å². The molecule has 10 heteroatoms. The van der Waals surface area contributed by atoms with Crippen LogP contribution in [0.25, 0.3) is 11.1 Å². The maximum Gasteiger partial charge on any atom is 0.342 e. The van der Waals surface area contributed by atoms with Gasteiger partial charge in [-0.1, -0.05) is 15.9 Å². The molecule has 0 spiro atoms. The van der Waals surface area contributed by atoms with Crippen LogP contribution >= 0.6 is 31.9 Å². The van der Waals surface area contributed by atoms with E-state index in [0.29, 0.717) is 4.47 Å². The SMILES string of the molecule is Nc1[nH]c(=O)c(C(=O)O)c(-c2cc(Br)cc(Br)c2O)c1C(=O)O. The number of phenols is 1. The first kappa shape index (κ1) is 17.0. The van der Waals surface area contributed by atoms with Gasteiger partial charge < -0.3 is 26.0 Å². The zero-order chi connectivity index (χ0) is 17.5. The minimum Gasteiger partial charge on any atom is -0.506 e. The molecular formula is C13H8Br2N2O6. The van der Waals surface area contributed by atoms with Gasteiger partial charge in [0.25, 0.3) is 5.56 Å². The molecule has 0 aliphatic carbocycles. The van der Waals surface area contributed by atoms with Crippen LogP contribution in [-0.2, 0) is 0 Å². The number of aromatic nitrogens is 1. The Kier molecular flexibility index (Phi) is 4.48. The number of nitrogen functional groups attached to an aromatic ring is 1. The molecule has 23 heavy (non-hydrogen) atoms. The Morgan fingerprint density at radius 2 is 1.65 bits per heavy atom. The number of phenolic OH excluding ortho intramolecular Hbond substituents is 1. The van der Waals surface area contributed by atoms with Crippen LogP contribution in [0.15, 0.2) is 25.9 Å². The second kappa shape index (κ2) is 6.05. The van der Waals surface area contributed by atoms with E-state index in [0.717, 1.165) is 0 Å². The maximum absolute atomic E-state index is 11.9. The molecule has 0 unspecified atom stereocenters. The number of carboxylic acid groups (broad SMARTS) is 2. The van der Waals surface area contributed by atoms with E-state index >= 15 is 0 Å². The van der Waals surface area contributed by atoms with E-state index in [1.807, 2.05) is 4.98 Å². The standard InChI is InChI=1S/C13H8Br2N2O6/c14-3-1-4(9(18)5(15)2-3)6-7(12(20)21)10(16)17-11(19)8(6)13(22)23/h1-2,18H,(H,20,21)(H,22,23)(H3,16,17,19). The van der Waals surface area contributed by atoms with E-state index < -0.39 is 45.8 Å². The first-order valence-corrected chi connectivity index (χ1v) is 7.44. The monoisotopic (exact) mass is 446 g/mol. The van der Waals surface area contributed by atoms with Crippen molar-refractivity contribution in [2.75, 3.05) is 5.73 Å². The predicted molar refractivity (Wildman–Crippen MR) is 87.9 cm³/mol. The summed E-state index contributed by atoms with van der Waals surface area (Å²) in [6.07, 6.45) is 0. The number of carboxylic acids is 2. The Labute approximate surface area is 144 Å². The Morgan fingerprint density at radius 1 is 1.09 bits per heavy atom. The number of benzene rings is 1. The average Bonchev–Trinajstić information content (AvgIpc) is 2.40. The summed E-state index contributed by atoms with van der Waals surface area (Å²) in [4.78, 5) is 36.8. The largest absolute Gasteiger partial charge is 0.506 e. The van der Waals surface area contributed by atoms with Gasteiger partial charge in [-0.2, -0.15) is 0 Å². The van der Waals surface area contributed by atoms with Gasteiger partial charge in [-0.15, -0.1) is 0 Å². The van der Waals surface area contributed by atoms with Crippen molar-refractivity contribution in [2.24, 2.45) is 0 Å². The number of halogens is 2. The van der Waals surface area contributed by atoms with E-state index in [1.165, 1.54) is 12.1 Å². The van der Waals surface area contributed by atoms with Gasteiger partial charge in [0.2, 0.25) is 0 Å². The molecule has 0 bridgehead atoms. The van der Waals surface area contributed by atoms with Gasteiger partial charge >= 0.3 is 11.9 Å². The molecule has 2 aromatic rings. The number of pyridine rings is 1. The third-order valence-electron chi connectivity index (χ3n) is 2.97. The van der Waals surface area contributed by atoms with Crippen LogP contribution in [0.1, 0.15) is 20.7 Å². The average molecular weight is 448 g/mol. The highest BCUT2D eigenvalue weighted by molar-refractivity contribution is 9.11. The van der Waals surface area contributed by atoms with Crippen LogP contribution in [0.3, 0.4) is 0 Å². The smallest absolute Gasteiger partial charge is 0.342 e. The summed E-state index contributed by atoms with van der Waals surface area (Å²) in [5, 5.41) is 28.8. The van der Waals surface area contributed by atoms with Crippen LogP contribution in [0.4, 0.5) is 5.82 Å². The number of anilines is 1. The lowest BCUT2D eigenvalue weighted by Crippen LogP contribution is -2.24. The van der Waals surface area contributed by atoms with E-state index in [-0.39, 0.29) is 10.0 Å². The fourth-order valence-corrected chi connectivity index (χ4v) is 3.30. The molecule has 0 fully saturated rings. The van der Waals surface area contributed by atoms with E-state index in [9.17, 15) is 29.7 Å².